The smallest absolute Gasteiger partial charge is 0.411 e. The number of sulfone groups is 1. The van der Waals surface area contributed by atoms with Gasteiger partial charge in [0.15, 0.2) is 21.3 Å². The predicted octanol–water partition coefficient (Wildman–Crippen LogP) is 4.99. The highest BCUT2D eigenvalue weighted by molar-refractivity contribution is 7.92. The molecule has 0 unspecified atom stereocenters. The molecule has 4 N–H and O–H groups in total. The maximum atomic E-state index is 14.7. The number of nitrogens with zero attached hydrogens (tertiary/aromatic N) is 1. The van der Waals surface area contributed by atoms with Crippen LogP contribution in [0, 0.1) is 6.92 Å². The van der Waals surface area contributed by atoms with E-state index in [1.54, 1.807) is 61.2 Å². The van der Waals surface area contributed by atoms with Crippen molar-refractivity contribution in [2.45, 2.75) is 55.8 Å². The first-order valence-corrected chi connectivity index (χ1v) is 16.3. The molecule has 0 radical (unpaired) electrons. The van der Waals surface area contributed by atoms with Crippen LogP contribution in [0.3, 0.4) is 0 Å². The molecule has 1 heterocycles. The molecule has 4 rings (SSSR count). The zero-order chi connectivity index (χ0) is 33.8. The van der Waals surface area contributed by atoms with Gasteiger partial charge in [-0.15, -0.1) is 0 Å². The van der Waals surface area contributed by atoms with Gasteiger partial charge in [-0.2, -0.15) is 0 Å². The van der Waals surface area contributed by atoms with Crippen LogP contribution in [0.5, 0.6) is 11.5 Å². The third-order valence-corrected chi connectivity index (χ3v) is 10.2. The van der Waals surface area contributed by atoms with Crippen molar-refractivity contribution in [1.29, 1.82) is 0 Å². The first-order valence-electron chi connectivity index (χ1n) is 14.7. The second-order valence-electron chi connectivity index (χ2n) is 11.3. The highest BCUT2D eigenvalue weighted by atomic mass is 32.2. The summed E-state index contributed by atoms with van der Waals surface area (Å²) in [6.07, 6.45) is 0.389. The first-order chi connectivity index (χ1) is 21.8. The van der Waals surface area contributed by atoms with Crippen LogP contribution < -0.4 is 25.8 Å². The molecule has 46 heavy (non-hydrogen) atoms. The average molecular weight is 653 g/mol. The fraction of sp³-hybridized carbons (Fsp3) is 0.364. The van der Waals surface area contributed by atoms with Gasteiger partial charge < -0.3 is 30.2 Å². The Morgan fingerprint density at radius 1 is 0.935 bits per heavy atom. The van der Waals surface area contributed by atoms with E-state index in [1.807, 2.05) is 6.92 Å². The molecule has 1 fully saturated rings. The second-order valence-corrected chi connectivity index (χ2v) is 13.8. The molecule has 0 aromatic heterocycles. The molecule has 0 aliphatic carbocycles. The number of benzene rings is 3. The van der Waals surface area contributed by atoms with Gasteiger partial charge in [-0.25, -0.2) is 13.2 Å². The number of methoxy groups -OCH3 is 3. The number of primary amides is 1. The number of amides is 3. The Balaban J connectivity index is 1.84. The lowest BCUT2D eigenvalue weighted by Gasteiger charge is -2.32. The largest absolute Gasteiger partial charge is 0.493 e. The molecular formula is C33H40N4O8S. The highest BCUT2D eigenvalue weighted by Crippen LogP contribution is 2.41. The molecule has 1 aliphatic heterocycles. The van der Waals surface area contributed by atoms with Gasteiger partial charge in [-0.05, 0) is 98.8 Å². The topological polar surface area (TPSA) is 166 Å². The summed E-state index contributed by atoms with van der Waals surface area (Å²) in [4.78, 5) is 40.4. The van der Waals surface area contributed by atoms with Crippen LogP contribution in [0.2, 0.25) is 0 Å². The Morgan fingerprint density at radius 2 is 1.65 bits per heavy atom. The Morgan fingerprint density at radius 3 is 2.28 bits per heavy atom. The summed E-state index contributed by atoms with van der Waals surface area (Å²) >= 11 is 0. The SMILES string of the molecule is COC(=O)Nc1ccc(S(=O)(=O)C(C)C)c([C@H]2CCCN2C(=O)[C@H](Nc2cc(C)cc(C(N)=O)c2)c2ccc(OC)c(OC)c2)c1. The highest BCUT2D eigenvalue weighted by Gasteiger charge is 2.38. The number of nitrogens with one attached hydrogen (secondary N) is 2. The molecule has 1 aliphatic rings. The second kappa shape index (κ2) is 14.1. The van der Waals surface area contributed by atoms with Gasteiger partial charge in [0.05, 0.1) is 37.5 Å². The van der Waals surface area contributed by atoms with Gasteiger partial charge in [0.1, 0.15) is 6.04 Å². The fourth-order valence-electron chi connectivity index (χ4n) is 5.58. The van der Waals surface area contributed by atoms with Crippen LogP contribution in [0.15, 0.2) is 59.5 Å². The number of carbonyl (C=O) groups is 3. The fourth-order valence-corrected chi connectivity index (χ4v) is 6.87. The molecule has 0 spiro atoms. The first kappa shape index (κ1) is 34.1. The molecule has 0 saturated carbocycles. The molecule has 13 heteroatoms. The monoisotopic (exact) mass is 652 g/mol. The van der Waals surface area contributed by atoms with Crippen LogP contribution in [0.25, 0.3) is 0 Å². The number of likely N-dealkylation sites (tertiary alicyclic amines) is 1. The van der Waals surface area contributed by atoms with Crippen molar-refractivity contribution in [2.24, 2.45) is 5.73 Å². The van der Waals surface area contributed by atoms with Crippen molar-refractivity contribution in [3.63, 3.8) is 0 Å². The summed E-state index contributed by atoms with van der Waals surface area (Å²) in [5.41, 5.74) is 8.37. The Hall–Kier alpha value is -4.78. The quantitative estimate of drug-likeness (QED) is 0.259. The molecule has 3 aromatic rings. The Labute approximate surface area is 269 Å². The van der Waals surface area contributed by atoms with E-state index in [0.29, 0.717) is 53.4 Å². The molecule has 1 saturated heterocycles. The average Bonchev–Trinajstić information content (AvgIpc) is 3.52. The number of rotatable bonds is 11. The van der Waals surface area contributed by atoms with Crippen LogP contribution in [0.4, 0.5) is 16.2 Å². The van der Waals surface area contributed by atoms with Crippen LogP contribution in [-0.2, 0) is 19.4 Å². The Kier molecular flexibility index (Phi) is 10.5. The van der Waals surface area contributed by atoms with Gasteiger partial charge in [0.2, 0.25) is 11.8 Å². The van der Waals surface area contributed by atoms with Crippen molar-refractivity contribution in [3.8, 4) is 11.5 Å². The summed E-state index contributed by atoms with van der Waals surface area (Å²) in [7, 11) is 0.463. The van der Waals surface area contributed by atoms with Gasteiger partial charge in [-0.3, -0.25) is 14.9 Å². The summed E-state index contributed by atoms with van der Waals surface area (Å²) < 4.78 is 42.7. The lowest BCUT2D eigenvalue weighted by atomic mass is 10.00. The van der Waals surface area contributed by atoms with E-state index in [0.717, 1.165) is 5.56 Å². The summed E-state index contributed by atoms with van der Waals surface area (Å²) in [5, 5.41) is 5.16. The van der Waals surface area contributed by atoms with Gasteiger partial charge in [0.25, 0.3) is 0 Å². The minimum atomic E-state index is -3.77. The van der Waals surface area contributed by atoms with Crippen molar-refractivity contribution >= 4 is 39.1 Å². The number of hydrogen-bond acceptors (Lipinski definition) is 9. The minimum Gasteiger partial charge on any atom is -0.493 e. The van der Waals surface area contributed by atoms with Crippen LogP contribution in [0.1, 0.15) is 65.8 Å². The van der Waals surface area contributed by atoms with Crippen molar-refractivity contribution < 1.29 is 37.0 Å². The number of nitrogens with two attached hydrogens (primary N) is 1. The molecule has 12 nitrogen and oxygen atoms in total. The normalized spacial score (nSPS) is 15.3. The van der Waals surface area contributed by atoms with E-state index in [-0.39, 0.29) is 16.4 Å². The molecule has 2 atom stereocenters. The third kappa shape index (κ3) is 7.20. The standard InChI is InChI=1S/C33H40N4O8S/c1-19(2)46(41,42)29-12-10-23(36-33(40)45-6)18-25(29)26-8-7-13-37(26)32(39)30(21-9-11-27(43-4)28(17-21)44-5)35-24-15-20(3)14-22(16-24)31(34)38/h9-12,14-19,26,30,35H,7-8,13H2,1-6H3,(H2,34,38)(H,36,40)/t26-,30-/m1/s1. The van der Waals surface area contributed by atoms with Crippen LogP contribution in [-0.4, -0.2) is 64.3 Å². The van der Waals surface area contributed by atoms with E-state index in [1.165, 1.54) is 33.5 Å². The molecular weight excluding hydrogens is 612 g/mol. The van der Waals surface area contributed by atoms with E-state index < -0.39 is 39.2 Å². The summed E-state index contributed by atoms with van der Waals surface area (Å²) in [5.74, 6) is -0.0659. The molecule has 246 valence electrons. The van der Waals surface area contributed by atoms with Gasteiger partial charge in [0, 0.05) is 23.5 Å². The van der Waals surface area contributed by atoms with Crippen molar-refractivity contribution in [1.82, 2.24) is 4.90 Å². The molecule has 3 amide bonds. The maximum absolute atomic E-state index is 14.7. The minimum absolute atomic E-state index is 0.0861. The van der Waals surface area contributed by atoms with Gasteiger partial charge in [-0.1, -0.05) is 6.07 Å². The Bertz CT molecular complexity index is 1740. The summed E-state index contributed by atoms with van der Waals surface area (Å²) in [6, 6.07) is 13.1. The van der Waals surface area contributed by atoms with E-state index >= 15 is 0 Å². The maximum Gasteiger partial charge on any atom is 0.411 e. The molecule has 3 aromatic carbocycles. The van der Waals surface area contributed by atoms with E-state index in [2.05, 4.69) is 10.6 Å². The van der Waals surface area contributed by atoms with E-state index in [4.69, 9.17) is 19.9 Å². The number of aryl methyl sites for hydroxylation is 1. The van der Waals surface area contributed by atoms with Crippen LogP contribution >= 0.6 is 0 Å². The zero-order valence-corrected chi connectivity index (χ0v) is 27.6. The number of hydrogen-bond donors (Lipinski definition) is 3. The lowest BCUT2D eigenvalue weighted by Crippen LogP contribution is -2.38. The number of carbonyl (C=O) groups excluding carboxylic acids is 3. The van der Waals surface area contributed by atoms with Crippen molar-refractivity contribution in [3.05, 3.63) is 76.9 Å². The van der Waals surface area contributed by atoms with Gasteiger partial charge >= 0.3 is 6.09 Å². The lowest BCUT2D eigenvalue weighted by molar-refractivity contribution is -0.133. The predicted molar refractivity (Wildman–Crippen MR) is 174 cm³/mol. The number of anilines is 2. The number of ether oxygens (including phenoxy) is 3. The zero-order valence-electron chi connectivity index (χ0n) is 26.7. The van der Waals surface area contributed by atoms with E-state index in [9.17, 15) is 22.8 Å². The molecule has 0 bridgehead atoms. The third-order valence-electron chi connectivity index (χ3n) is 7.92. The van der Waals surface area contributed by atoms with Crippen molar-refractivity contribution in [2.75, 3.05) is 38.5 Å². The summed E-state index contributed by atoms with van der Waals surface area (Å²) in [6.45, 7) is 5.35.